The van der Waals surface area contributed by atoms with Crippen molar-refractivity contribution in [1.29, 1.82) is 0 Å². The first-order chi connectivity index (χ1) is 12.1. The summed E-state index contributed by atoms with van der Waals surface area (Å²) >= 11 is 0. The monoisotopic (exact) mass is 388 g/mol. The third kappa shape index (κ3) is 6.01. The zero-order valence-electron chi connectivity index (χ0n) is 14.2. The average molecular weight is 388 g/mol. The Kier molecular flexibility index (Phi) is 6.27. The number of ether oxygens (including phenoxy) is 1. The van der Waals surface area contributed by atoms with Gasteiger partial charge < -0.3 is 9.64 Å². The number of rotatable bonds is 7. The van der Waals surface area contributed by atoms with Gasteiger partial charge in [0.15, 0.2) is 0 Å². The molecule has 0 bridgehead atoms. The van der Waals surface area contributed by atoms with Gasteiger partial charge in [-0.05, 0) is 31.8 Å². The molecule has 5 nitrogen and oxygen atoms in total. The molecule has 0 aliphatic rings. The molecule has 0 heterocycles. The fraction of sp³-hybridized carbons (Fsp3) is 0.294. The normalized spacial score (nSPS) is 13.6. The van der Waals surface area contributed by atoms with Crippen molar-refractivity contribution in [3.05, 3.63) is 60.2 Å². The van der Waals surface area contributed by atoms with E-state index in [1.165, 1.54) is 12.1 Å². The smallest absolute Gasteiger partial charge is 0.406 e. The number of hydrogen-bond donors (Lipinski definition) is 1. The van der Waals surface area contributed by atoms with Gasteiger partial charge in [0.05, 0.1) is 10.9 Å². The van der Waals surface area contributed by atoms with Crippen LogP contribution in [0.2, 0.25) is 0 Å². The topological polar surface area (TPSA) is 58.6 Å². The van der Waals surface area contributed by atoms with E-state index in [0.717, 1.165) is 17.7 Å². The first-order valence-electron chi connectivity index (χ1n) is 7.65. The second kappa shape index (κ2) is 8.07. The number of hydrogen-bond acceptors (Lipinski definition) is 4. The fourth-order valence-electron chi connectivity index (χ4n) is 2.36. The fourth-order valence-corrected chi connectivity index (χ4v) is 3.61. The van der Waals surface area contributed by atoms with Crippen LogP contribution in [0.25, 0.3) is 0 Å². The molecule has 0 amide bonds. The standard InChI is InChI=1S/C17H19F3N2O3S/c1-22(2)12-16(13-7-4-3-5-8-13)21-26(23,24)15-10-6-9-14(11-15)25-17(18,19)20/h3-11,16,21H,12H2,1-2H3. The summed E-state index contributed by atoms with van der Waals surface area (Å²) in [6, 6.07) is 12.6. The van der Waals surface area contributed by atoms with Crippen LogP contribution in [-0.2, 0) is 10.0 Å². The maximum absolute atomic E-state index is 12.6. The largest absolute Gasteiger partial charge is 0.573 e. The van der Waals surface area contributed by atoms with Crippen LogP contribution >= 0.6 is 0 Å². The van der Waals surface area contributed by atoms with E-state index in [9.17, 15) is 21.6 Å². The van der Waals surface area contributed by atoms with Crippen LogP contribution in [0.15, 0.2) is 59.5 Å². The van der Waals surface area contributed by atoms with Crippen LogP contribution in [0.5, 0.6) is 5.75 Å². The van der Waals surface area contributed by atoms with Crippen molar-refractivity contribution < 1.29 is 26.3 Å². The lowest BCUT2D eigenvalue weighted by Gasteiger charge is -2.23. The van der Waals surface area contributed by atoms with Gasteiger partial charge in [-0.3, -0.25) is 0 Å². The summed E-state index contributed by atoms with van der Waals surface area (Å²) in [6.45, 7) is 0.377. The lowest BCUT2D eigenvalue weighted by atomic mass is 10.1. The molecular weight excluding hydrogens is 369 g/mol. The van der Waals surface area contributed by atoms with E-state index < -0.39 is 28.2 Å². The Morgan fingerprint density at radius 1 is 1.08 bits per heavy atom. The number of halogens is 3. The molecule has 1 N–H and O–H groups in total. The third-order valence-corrected chi connectivity index (χ3v) is 4.87. The Morgan fingerprint density at radius 2 is 1.73 bits per heavy atom. The lowest BCUT2D eigenvalue weighted by Crippen LogP contribution is -2.35. The molecule has 26 heavy (non-hydrogen) atoms. The number of alkyl halides is 3. The van der Waals surface area contributed by atoms with Crippen LogP contribution in [0.1, 0.15) is 11.6 Å². The maximum atomic E-state index is 12.6. The van der Waals surface area contributed by atoms with Crippen molar-refractivity contribution >= 4 is 10.0 Å². The Bertz CT molecular complexity index is 825. The zero-order chi connectivity index (χ0) is 19.4. The van der Waals surface area contributed by atoms with Crippen molar-refractivity contribution in [2.24, 2.45) is 0 Å². The molecular formula is C17H19F3N2O3S. The summed E-state index contributed by atoms with van der Waals surface area (Å²) in [5.41, 5.74) is 0.743. The molecule has 9 heteroatoms. The number of nitrogens with one attached hydrogen (secondary N) is 1. The molecule has 0 aliphatic carbocycles. The minimum atomic E-state index is -4.90. The second-order valence-corrected chi connectivity index (χ2v) is 7.58. The molecule has 0 fully saturated rings. The Morgan fingerprint density at radius 3 is 2.31 bits per heavy atom. The summed E-state index contributed by atoms with van der Waals surface area (Å²) in [4.78, 5) is 1.50. The predicted octanol–water partition coefficient (Wildman–Crippen LogP) is 3.17. The van der Waals surface area contributed by atoms with E-state index in [2.05, 4.69) is 9.46 Å². The van der Waals surface area contributed by atoms with Gasteiger partial charge >= 0.3 is 6.36 Å². The van der Waals surface area contributed by atoms with E-state index in [1.807, 2.05) is 11.0 Å². The summed E-state index contributed by atoms with van der Waals surface area (Å²) in [7, 11) is -0.468. The zero-order valence-corrected chi connectivity index (χ0v) is 15.0. The Hall–Kier alpha value is -2.10. The van der Waals surface area contributed by atoms with Crippen LogP contribution < -0.4 is 9.46 Å². The first-order valence-corrected chi connectivity index (χ1v) is 9.13. The molecule has 2 rings (SSSR count). The SMILES string of the molecule is CN(C)CC(NS(=O)(=O)c1cccc(OC(F)(F)F)c1)c1ccccc1. The minimum absolute atomic E-state index is 0.307. The number of nitrogens with zero attached hydrogens (tertiary/aromatic N) is 1. The van der Waals surface area contributed by atoms with E-state index in [0.29, 0.717) is 6.54 Å². The molecule has 0 spiro atoms. The number of sulfonamides is 1. The van der Waals surface area contributed by atoms with Crippen molar-refractivity contribution in [1.82, 2.24) is 9.62 Å². The highest BCUT2D eigenvalue weighted by atomic mass is 32.2. The van der Waals surface area contributed by atoms with E-state index in [1.54, 1.807) is 38.4 Å². The molecule has 0 saturated heterocycles. The molecule has 0 radical (unpaired) electrons. The van der Waals surface area contributed by atoms with E-state index in [-0.39, 0.29) is 4.90 Å². The predicted molar refractivity (Wildman–Crippen MR) is 91.2 cm³/mol. The molecule has 142 valence electrons. The molecule has 1 unspecified atom stereocenters. The van der Waals surface area contributed by atoms with Crippen molar-refractivity contribution in [2.75, 3.05) is 20.6 Å². The van der Waals surface area contributed by atoms with E-state index in [4.69, 9.17) is 0 Å². The molecule has 0 aromatic heterocycles. The van der Waals surface area contributed by atoms with Crippen LogP contribution in [0.3, 0.4) is 0 Å². The van der Waals surface area contributed by atoms with E-state index >= 15 is 0 Å². The van der Waals surface area contributed by atoms with Crippen molar-refractivity contribution in [3.63, 3.8) is 0 Å². The minimum Gasteiger partial charge on any atom is -0.406 e. The maximum Gasteiger partial charge on any atom is 0.573 e. The summed E-state index contributed by atoms with van der Waals surface area (Å²) in [5.74, 6) is -0.593. The van der Waals surface area contributed by atoms with Gasteiger partial charge in [0.1, 0.15) is 5.75 Å². The van der Waals surface area contributed by atoms with Crippen LogP contribution in [-0.4, -0.2) is 40.3 Å². The van der Waals surface area contributed by atoms with Gasteiger partial charge in [-0.15, -0.1) is 13.2 Å². The highest BCUT2D eigenvalue weighted by molar-refractivity contribution is 7.89. The molecule has 1 atom stereocenters. The highest BCUT2D eigenvalue weighted by Crippen LogP contribution is 2.26. The van der Waals surface area contributed by atoms with Gasteiger partial charge in [0.2, 0.25) is 10.0 Å². The summed E-state index contributed by atoms with van der Waals surface area (Å²) in [6.07, 6.45) is -4.90. The van der Waals surface area contributed by atoms with Gasteiger partial charge in [0, 0.05) is 12.6 Å². The molecule has 2 aromatic rings. The van der Waals surface area contributed by atoms with Crippen molar-refractivity contribution in [2.45, 2.75) is 17.3 Å². The van der Waals surface area contributed by atoms with Crippen molar-refractivity contribution in [3.8, 4) is 5.75 Å². The Labute approximate surface area is 150 Å². The third-order valence-electron chi connectivity index (χ3n) is 3.40. The van der Waals surface area contributed by atoms with Gasteiger partial charge in [0.25, 0.3) is 0 Å². The van der Waals surface area contributed by atoms with Gasteiger partial charge in [-0.2, -0.15) is 0 Å². The lowest BCUT2D eigenvalue weighted by molar-refractivity contribution is -0.274. The number of benzene rings is 2. The quantitative estimate of drug-likeness (QED) is 0.792. The Balaban J connectivity index is 2.29. The molecule has 0 aliphatic heterocycles. The first kappa shape index (κ1) is 20.2. The average Bonchev–Trinajstić information content (AvgIpc) is 2.53. The van der Waals surface area contributed by atoms with Crippen LogP contribution in [0.4, 0.5) is 13.2 Å². The molecule has 2 aromatic carbocycles. The number of likely N-dealkylation sites (N-methyl/N-ethyl adjacent to an activating group) is 1. The van der Waals surface area contributed by atoms with Gasteiger partial charge in [-0.25, -0.2) is 13.1 Å². The second-order valence-electron chi connectivity index (χ2n) is 5.87. The summed E-state index contributed by atoms with van der Waals surface area (Å²) in [5, 5.41) is 0. The highest BCUT2D eigenvalue weighted by Gasteiger charge is 2.31. The summed E-state index contributed by atoms with van der Waals surface area (Å²) < 4.78 is 68.7. The van der Waals surface area contributed by atoms with Crippen LogP contribution in [0, 0.1) is 0 Å². The van der Waals surface area contributed by atoms with Gasteiger partial charge in [-0.1, -0.05) is 36.4 Å². The molecule has 0 saturated carbocycles.